The molecule has 4 rings (SSSR count). The fraction of sp³-hybridized carbons (Fsp3) is 0.138. The molecule has 0 aliphatic heterocycles. The van der Waals surface area contributed by atoms with Gasteiger partial charge < -0.3 is 19.4 Å². The molecule has 8 nitrogen and oxygen atoms in total. The van der Waals surface area contributed by atoms with Crippen LogP contribution in [0.15, 0.2) is 83.6 Å². The van der Waals surface area contributed by atoms with E-state index in [0.717, 1.165) is 22.2 Å². The summed E-state index contributed by atoms with van der Waals surface area (Å²) in [5.41, 5.74) is 6.59. The number of nitrogens with zero attached hydrogens (tertiary/aromatic N) is 2. The Kier molecular flexibility index (Phi) is 7.68. The van der Waals surface area contributed by atoms with Crippen LogP contribution < -0.4 is 20.2 Å². The molecule has 0 saturated heterocycles. The molecule has 0 aliphatic rings. The van der Waals surface area contributed by atoms with Crippen molar-refractivity contribution in [2.24, 2.45) is 12.1 Å². The van der Waals surface area contributed by atoms with Crippen LogP contribution in [0.5, 0.6) is 11.5 Å². The number of aryl methyl sites for hydroxylation is 1. The number of para-hydroxylation sites is 1. The third-order valence-electron chi connectivity index (χ3n) is 6.06. The van der Waals surface area contributed by atoms with Gasteiger partial charge in [-0.2, -0.15) is 5.10 Å². The van der Waals surface area contributed by atoms with Crippen LogP contribution in [0, 0.1) is 6.92 Å². The summed E-state index contributed by atoms with van der Waals surface area (Å²) in [6.07, 6.45) is 3.17. The smallest absolute Gasteiger partial charge is 0.287 e. The molecule has 8 heteroatoms. The lowest BCUT2D eigenvalue weighted by Crippen LogP contribution is -2.32. The largest absolute Gasteiger partial charge is 0.493 e. The van der Waals surface area contributed by atoms with E-state index in [1.165, 1.54) is 7.11 Å². The van der Waals surface area contributed by atoms with Crippen LogP contribution in [0.2, 0.25) is 0 Å². The normalized spacial score (nSPS) is 11.5. The van der Waals surface area contributed by atoms with Crippen LogP contribution in [0.1, 0.15) is 27.2 Å². The molecule has 2 amide bonds. The number of methoxy groups -OCH3 is 2. The van der Waals surface area contributed by atoms with E-state index in [2.05, 4.69) is 20.4 Å². The number of rotatable bonds is 8. The van der Waals surface area contributed by atoms with Gasteiger partial charge in [-0.1, -0.05) is 42.5 Å². The van der Waals surface area contributed by atoms with Crippen molar-refractivity contribution in [1.29, 1.82) is 0 Å². The molecule has 4 aromatic rings. The zero-order chi connectivity index (χ0) is 26.4. The molecule has 37 heavy (non-hydrogen) atoms. The summed E-state index contributed by atoms with van der Waals surface area (Å²) >= 11 is 0. The van der Waals surface area contributed by atoms with Gasteiger partial charge in [-0.05, 0) is 48.9 Å². The van der Waals surface area contributed by atoms with Crippen molar-refractivity contribution in [2.75, 3.05) is 14.2 Å². The number of hydrazone groups is 1. The first-order valence-corrected chi connectivity index (χ1v) is 11.6. The first-order valence-electron chi connectivity index (χ1n) is 11.6. The number of ether oxygens (including phenoxy) is 2. The van der Waals surface area contributed by atoms with Crippen LogP contribution in [-0.2, 0) is 11.8 Å². The van der Waals surface area contributed by atoms with Gasteiger partial charge in [0.05, 0.1) is 20.4 Å². The van der Waals surface area contributed by atoms with Gasteiger partial charge in [-0.15, -0.1) is 0 Å². The Morgan fingerprint density at radius 3 is 2.35 bits per heavy atom. The topological polar surface area (TPSA) is 94.0 Å². The van der Waals surface area contributed by atoms with Crippen LogP contribution in [0.4, 0.5) is 0 Å². The predicted molar refractivity (Wildman–Crippen MR) is 145 cm³/mol. The number of nitrogens with one attached hydrogen (secondary N) is 2. The maximum absolute atomic E-state index is 13.2. The molecule has 0 atom stereocenters. The standard InChI is InChI=1S/C29H28N4O4/c1-19-23(22-12-8-9-13-25(22)33(19)2)18-30-32-29(35)24(31-28(34)21-10-6-5-7-11-21)16-20-14-15-26(36-3)27(17-20)37-4/h5-18H,1-4H3,(H,31,34)(H,32,35)/b24-16+,30-18+. The third-order valence-corrected chi connectivity index (χ3v) is 6.06. The highest BCUT2D eigenvalue weighted by molar-refractivity contribution is 6.06. The molecule has 0 saturated carbocycles. The van der Waals surface area contributed by atoms with E-state index in [1.54, 1.807) is 61.9 Å². The molecule has 188 valence electrons. The lowest BCUT2D eigenvalue weighted by atomic mass is 10.1. The molecule has 0 unspecified atom stereocenters. The summed E-state index contributed by atoms with van der Waals surface area (Å²) in [7, 11) is 5.05. The van der Waals surface area contributed by atoms with Crippen molar-refractivity contribution in [3.63, 3.8) is 0 Å². The van der Waals surface area contributed by atoms with Crippen LogP contribution in [0.3, 0.4) is 0 Å². The van der Waals surface area contributed by atoms with E-state index in [4.69, 9.17) is 9.47 Å². The summed E-state index contributed by atoms with van der Waals surface area (Å²) in [5, 5.41) is 7.92. The quantitative estimate of drug-likeness (QED) is 0.214. The molecule has 0 bridgehead atoms. The van der Waals surface area contributed by atoms with Gasteiger partial charge >= 0.3 is 0 Å². The monoisotopic (exact) mass is 496 g/mol. The molecule has 0 aliphatic carbocycles. The lowest BCUT2D eigenvalue weighted by Gasteiger charge is -2.11. The molecule has 0 fully saturated rings. The fourth-order valence-electron chi connectivity index (χ4n) is 3.98. The van der Waals surface area contributed by atoms with E-state index in [9.17, 15) is 9.59 Å². The van der Waals surface area contributed by atoms with Crippen LogP contribution in [0.25, 0.3) is 17.0 Å². The number of hydrogen-bond acceptors (Lipinski definition) is 5. The van der Waals surface area contributed by atoms with Crippen molar-refractivity contribution in [3.8, 4) is 11.5 Å². The molecule has 1 heterocycles. The van der Waals surface area contributed by atoms with Crippen LogP contribution >= 0.6 is 0 Å². The first kappa shape index (κ1) is 25.2. The minimum absolute atomic E-state index is 0.0212. The highest BCUT2D eigenvalue weighted by atomic mass is 16.5. The van der Waals surface area contributed by atoms with E-state index in [-0.39, 0.29) is 5.70 Å². The van der Waals surface area contributed by atoms with Gasteiger partial charge in [0.15, 0.2) is 11.5 Å². The number of amides is 2. The maximum atomic E-state index is 13.2. The van der Waals surface area contributed by atoms with E-state index in [0.29, 0.717) is 22.6 Å². The number of aromatic nitrogens is 1. The van der Waals surface area contributed by atoms with Crippen LogP contribution in [-0.4, -0.2) is 36.8 Å². The fourth-order valence-corrected chi connectivity index (χ4v) is 3.98. The molecule has 3 aromatic carbocycles. The van der Waals surface area contributed by atoms with Crippen molar-refractivity contribution in [1.82, 2.24) is 15.3 Å². The number of fused-ring (bicyclic) bond motifs is 1. The SMILES string of the molecule is COc1ccc(/C=C(/NC(=O)c2ccccc2)C(=O)N/N=C/c2c(C)n(C)c3ccccc23)cc1OC. The van der Waals surface area contributed by atoms with Gasteiger partial charge in [-0.3, -0.25) is 9.59 Å². The molecule has 0 spiro atoms. The molecular formula is C29H28N4O4. The van der Waals surface area contributed by atoms with Gasteiger partial charge in [0.25, 0.3) is 11.8 Å². The first-order chi connectivity index (χ1) is 17.9. The maximum Gasteiger partial charge on any atom is 0.287 e. The van der Waals surface area contributed by atoms with Gasteiger partial charge in [-0.25, -0.2) is 5.43 Å². The summed E-state index contributed by atoms with van der Waals surface area (Å²) in [4.78, 5) is 26.0. The second kappa shape index (κ2) is 11.3. The molecule has 0 radical (unpaired) electrons. The Morgan fingerprint density at radius 2 is 1.62 bits per heavy atom. The summed E-state index contributed by atoms with van der Waals surface area (Å²) in [6, 6.07) is 21.8. The summed E-state index contributed by atoms with van der Waals surface area (Å²) in [5.74, 6) is 0.0495. The van der Waals surface area contributed by atoms with Crippen molar-refractivity contribution >= 4 is 35.0 Å². The van der Waals surface area contributed by atoms with E-state index in [1.807, 2.05) is 44.3 Å². The third kappa shape index (κ3) is 5.54. The van der Waals surface area contributed by atoms with Crippen molar-refractivity contribution < 1.29 is 19.1 Å². The Labute approximate surface area is 215 Å². The number of hydrogen-bond donors (Lipinski definition) is 2. The van der Waals surface area contributed by atoms with Gasteiger partial charge in [0, 0.05) is 34.8 Å². The molecule has 1 aromatic heterocycles. The Morgan fingerprint density at radius 1 is 0.919 bits per heavy atom. The summed E-state index contributed by atoms with van der Waals surface area (Å²) in [6.45, 7) is 1.99. The Hall–Kier alpha value is -4.85. The second-order valence-corrected chi connectivity index (χ2v) is 8.27. The highest BCUT2D eigenvalue weighted by Gasteiger charge is 2.16. The number of benzene rings is 3. The van der Waals surface area contributed by atoms with E-state index < -0.39 is 11.8 Å². The average molecular weight is 497 g/mol. The summed E-state index contributed by atoms with van der Waals surface area (Å²) < 4.78 is 12.7. The molecular weight excluding hydrogens is 468 g/mol. The zero-order valence-electron chi connectivity index (χ0n) is 21.1. The molecule has 2 N–H and O–H groups in total. The number of carbonyl (C=O) groups excluding carboxylic acids is 2. The Balaban J connectivity index is 1.63. The van der Waals surface area contributed by atoms with E-state index >= 15 is 0 Å². The average Bonchev–Trinajstić information content (AvgIpc) is 3.17. The van der Waals surface area contributed by atoms with Crippen molar-refractivity contribution in [3.05, 3.63) is 101 Å². The van der Waals surface area contributed by atoms with Gasteiger partial charge in [0.1, 0.15) is 5.70 Å². The second-order valence-electron chi connectivity index (χ2n) is 8.27. The minimum atomic E-state index is -0.576. The minimum Gasteiger partial charge on any atom is -0.493 e. The van der Waals surface area contributed by atoms with Gasteiger partial charge in [0.2, 0.25) is 0 Å². The zero-order valence-corrected chi connectivity index (χ0v) is 21.1. The Bertz CT molecular complexity index is 1500. The van der Waals surface area contributed by atoms with Crippen molar-refractivity contribution in [2.45, 2.75) is 6.92 Å². The predicted octanol–water partition coefficient (Wildman–Crippen LogP) is 4.43. The highest BCUT2D eigenvalue weighted by Crippen LogP contribution is 2.28. The number of carbonyl (C=O) groups is 2. The lowest BCUT2D eigenvalue weighted by molar-refractivity contribution is -0.117.